The normalized spacial score (nSPS) is 12.1. The van der Waals surface area contributed by atoms with E-state index in [4.69, 9.17) is 16.3 Å². The molecule has 9 heteroatoms. The second-order valence-electron chi connectivity index (χ2n) is 5.38. The van der Waals surface area contributed by atoms with Crippen molar-refractivity contribution in [2.45, 2.75) is 36.8 Å². The molecule has 0 bridgehead atoms. The molecule has 7 nitrogen and oxygen atoms in total. The number of aromatic amines is 1. The second-order valence-corrected chi connectivity index (χ2v) is 7.09. The molecule has 0 unspecified atom stereocenters. The topological polar surface area (TPSA) is 89.0 Å². The van der Waals surface area contributed by atoms with E-state index < -0.39 is 5.25 Å². The Morgan fingerprint density at radius 2 is 2.24 bits per heavy atom. The fourth-order valence-corrected chi connectivity index (χ4v) is 3.25. The first-order valence-corrected chi connectivity index (χ1v) is 9.10. The molecule has 1 aromatic carbocycles. The molecule has 25 heavy (non-hydrogen) atoms. The van der Waals surface area contributed by atoms with Crippen LogP contribution in [0.15, 0.2) is 34.2 Å². The first-order valence-electron chi connectivity index (χ1n) is 7.85. The molecule has 0 aliphatic carbocycles. The van der Waals surface area contributed by atoms with Gasteiger partial charge in [-0.2, -0.15) is 0 Å². The number of nitrogens with zero attached hydrogens (tertiary/aromatic N) is 2. The van der Waals surface area contributed by atoms with Crippen molar-refractivity contribution < 1.29 is 9.53 Å². The molecule has 0 aliphatic rings. The number of carbonyl (C=O) groups excluding carboxylic acids is 1. The quantitative estimate of drug-likeness (QED) is 0.510. The summed E-state index contributed by atoms with van der Waals surface area (Å²) in [6.45, 7) is 3.16. The second kappa shape index (κ2) is 9.65. The number of nitrogens with one attached hydrogen (secondary N) is 2. The van der Waals surface area contributed by atoms with Gasteiger partial charge < -0.3 is 10.1 Å². The number of aromatic nitrogens is 3. The van der Waals surface area contributed by atoms with Gasteiger partial charge in [0.05, 0.1) is 5.25 Å². The Labute approximate surface area is 155 Å². The highest BCUT2D eigenvalue weighted by atomic mass is 35.5. The minimum absolute atomic E-state index is 0.149. The van der Waals surface area contributed by atoms with Crippen LogP contribution in [-0.2, 0) is 22.6 Å². The molecule has 0 saturated heterocycles. The number of halogens is 1. The number of benzene rings is 1. The highest BCUT2D eigenvalue weighted by Gasteiger charge is 2.19. The van der Waals surface area contributed by atoms with Crippen LogP contribution >= 0.6 is 23.4 Å². The van der Waals surface area contributed by atoms with Crippen molar-refractivity contribution in [1.82, 2.24) is 20.1 Å². The van der Waals surface area contributed by atoms with Gasteiger partial charge in [-0.15, -0.1) is 5.10 Å². The maximum atomic E-state index is 12.3. The van der Waals surface area contributed by atoms with Gasteiger partial charge in [-0.1, -0.05) is 41.6 Å². The van der Waals surface area contributed by atoms with Crippen molar-refractivity contribution in [2.75, 3.05) is 13.7 Å². The van der Waals surface area contributed by atoms with Gasteiger partial charge in [0.2, 0.25) is 5.91 Å². The van der Waals surface area contributed by atoms with Crippen molar-refractivity contribution in [3.8, 4) is 0 Å². The number of hydrogen-bond donors (Lipinski definition) is 2. The lowest BCUT2D eigenvalue weighted by atomic mass is 10.2. The van der Waals surface area contributed by atoms with Crippen LogP contribution in [0.2, 0.25) is 5.02 Å². The number of ether oxygens (including phenoxy) is 1. The van der Waals surface area contributed by atoms with E-state index in [1.807, 2.05) is 18.2 Å². The van der Waals surface area contributed by atoms with Crippen LogP contribution in [-0.4, -0.2) is 39.6 Å². The third-order valence-corrected chi connectivity index (χ3v) is 4.97. The van der Waals surface area contributed by atoms with E-state index in [9.17, 15) is 9.59 Å². The maximum absolute atomic E-state index is 12.3. The SMILES string of the molecule is COCCCn1c(S[C@H](C)C(=O)NCc2ccccc2Cl)n[nH]c1=O. The summed E-state index contributed by atoms with van der Waals surface area (Å²) in [7, 11) is 1.61. The van der Waals surface area contributed by atoms with Crippen molar-refractivity contribution >= 4 is 29.3 Å². The molecule has 0 fully saturated rings. The monoisotopic (exact) mass is 384 g/mol. The Balaban J connectivity index is 1.93. The van der Waals surface area contributed by atoms with Crippen LogP contribution in [0.25, 0.3) is 0 Å². The average molecular weight is 385 g/mol. The largest absolute Gasteiger partial charge is 0.385 e. The summed E-state index contributed by atoms with van der Waals surface area (Å²) in [6, 6.07) is 7.35. The number of thioether (sulfide) groups is 1. The highest BCUT2D eigenvalue weighted by molar-refractivity contribution is 8.00. The van der Waals surface area contributed by atoms with Gasteiger partial charge in [0.1, 0.15) is 0 Å². The molecule has 136 valence electrons. The summed E-state index contributed by atoms with van der Waals surface area (Å²) in [5.74, 6) is -0.149. The molecular formula is C16H21ClN4O3S. The van der Waals surface area contributed by atoms with Gasteiger partial charge in [-0.3, -0.25) is 9.36 Å². The third kappa shape index (κ3) is 5.62. The Bertz CT molecular complexity index is 762. The first kappa shape index (κ1) is 19.6. The number of amides is 1. The third-order valence-electron chi connectivity index (χ3n) is 3.52. The van der Waals surface area contributed by atoms with Crippen molar-refractivity contribution in [1.29, 1.82) is 0 Å². The molecule has 1 aromatic heterocycles. The average Bonchev–Trinajstić information content (AvgIpc) is 2.94. The lowest BCUT2D eigenvalue weighted by Crippen LogP contribution is -2.31. The molecule has 0 radical (unpaired) electrons. The molecule has 0 saturated carbocycles. The molecule has 0 aliphatic heterocycles. The van der Waals surface area contributed by atoms with E-state index in [-0.39, 0.29) is 11.6 Å². The predicted octanol–water partition coefficient (Wildman–Crippen LogP) is 2.06. The Hall–Kier alpha value is -1.77. The zero-order chi connectivity index (χ0) is 18.2. The zero-order valence-electron chi connectivity index (χ0n) is 14.1. The lowest BCUT2D eigenvalue weighted by Gasteiger charge is -2.12. The predicted molar refractivity (Wildman–Crippen MR) is 98.0 cm³/mol. The molecule has 2 rings (SSSR count). The molecule has 1 heterocycles. The highest BCUT2D eigenvalue weighted by Crippen LogP contribution is 2.20. The minimum atomic E-state index is -0.404. The van der Waals surface area contributed by atoms with Gasteiger partial charge in [-0.05, 0) is 25.0 Å². The number of hydrogen-bond acceptors (Lipinski definition) is 5. The maximum Gasteiger partial charge on any atom is 0.343 e. The van der Waals surface area contributed by atoms with Gasteiger partial charge in [0.25, 0.3) is 0 Å². The Morgan fingerprint density at radius 1 is 1.48 bits per heavy atom. The standard InChI is InChI=1S/C16H21ClN4O3S/c1-11(14(22)18-10-12-6-3-4-7-13(12)17)25-16-20-19-15(23)21(16)8-5-9-24-2/h3-4,6-7,11H,5,8-10H2,1-2H3,(H,18,22)(H,19,23)/t11-/m1/s1. The summed E-state index contributed by atoms with van der Waals surface area (Å²) in [4.78, 5) is 24.1. The summed E-state index contributed by atoms with van der Waals surface area (Å²) in [6.07, 6.45) is 0.691. The molecule has 1 amide bonds. The Kier molecular flexibility index (Phi) is 7.54. The van der Waals surface area contributed by atoms with E-state index in [1.165, 1.54) is 16.3 Å². The number of methoxy groups -OCH3 is 1. The van der Waals surface area contributed by atoms with Crippen molar-refractivity contribution in [2.24, 2.45) is 0 Å². The number of H-pyrrole nitrogens is 1. The van der Waals surface area contributed by atoms with E-state index in [0.717, 1.165) is 5.56 Å². The zero-order valence-corrected chi connectivity index (χ0v) is 15.7. The molecule has 2 aromatic rings. The molecule has 0 spiro atoms. The van der Waals surface area contributed by atoms with E-state index in [0.29, 0.717) is 36.3 Å². The summed E-state index contributed by atoms with van der Waals surface area (Å²) in [5.41, 5.74) is 0.563. The van der Waals surface area contributed by atoms with Gasteiger partial charge in [0, 0.05) is 31.8 Å². The summed E-state index contributed by atoms with van der Waals surface area (Å²) in [5, 5.41) is 9.96. The van der Waals surface area contributed by atoms with E-state index in [1.54, 1.807) is 20.1 Å². The smallest absolute Gasteiger partial charge is 0.343 e. The van der Waals surface area contributed by atoms with Crippen molar-refractivity contribution in [3.63, 3.8) is 0 Å². The first-order chi connectivity index (χ1) is 12.0. The van der Waals surface area contributed by atoms with Gasteiger partial charge in [-0.25, -0.2) is 9.89 Å². The fraction of sp³-hybridized carbons (Fsp3) is 0.438. The van der Waals surface area contributed by atoms with Crippen LogP contribution in [0.4, 0.5) is 0 Å². The van der Waals surface area contributed by atoms with Crippen molar-refractivity contribution in [3.05, 3.63) is 45.3 Å². The van der Waals surface area contributed by atoms with Crippen LogP contribution in [0.1, 0.15) is 18.9 Å². The van der Waals surface area contributed by atoms with E-state index in [2.05, 4.69) is 15.5 Å². The van der Waals surface area contributed by atoms with Crippen LogP contribution in [0.3, 0.4) is 0 Å². The number of carbonyl (C=O) groups is 1. The fourth-order valence-electron chi connectivity index (χ4n) is 2.14. The summed E-state index contributed by atoms with van der Waals surface area (Å²) < 4.78 is 6.51. The number of rotatable bonds is 9. The molecular weight excluding hydrogens is 364 g/mol. The molecule has 2 N–H and O–H groups in total. The lowest BCUT2D eigenvalue weighted by molar-refractivity contribution is -0.120. The van der Waals surface area contributed by atoms with Crippen LogP contribution in [0, 0.1) is 0 Å². The van der Waals surface area contributed by atoms with Crippen LogP contribution in [0.5, 0.6) is 0 Å². The van der Waals surface area contributed by atoms with Gasteiger partial charge in [0.15, 0.2) is 5.16 Å². The van der Waals surface area contributed by atoms with Gasteiger partial charge >= 0.3 is 5.69 Å². The minimum Gasteiger partial charge on any atom is -0.385 e. The molecule has 1 atom stereocenters. The van der Waals surface area contributed by atoms with Crippen LogP contribution < -0.4 is 11.0 Å². The summed E-state index contributed by atoms with van der Waals surface area (Å²) >= 11 is 7.31. The van der Waals surface area contributed by atoms with E-state index >= 15 is 0 Å². The Morgan fingerprint density at radius 3 is 2.96 bits per heavy atom.